The predicted octanol–water partition coefficient (Wildman–Crippen LogP) is 0.915. The Morgan fingerprint density at radius 2 is 1.94 bits per heavy atom. The van der Waals surface area contributed by atoms with Gasteiger partial charge in [-0.3, -0.25) is 9.63 Å². The summed E-state index contributed by atoms with van der Waals surface area (Å²) in [6.07, 6.45) is 1.61. The Kier molecular flexibility index (Phi) is 2.00. The SMILES string of the molecule is CC12CCC(C(S(=O)(=O)N3CO3)C1=O)C2(C)C. The number of Topliss-reactive ketones (excluding diaryl/α,β-unsaturated/α-hetero) is 1. The van der Waals surface area contributed by atoms with E-state index in [-0.39, 0.29) is 23.8 Å². The van der Waals surface area contributed by atoms with E-state index in [1.54, 1.807) is 0 Å². The average molecular weight is 259 g/mol. The van der Waals surface area contributed by atoms with Crippen LogP contribution in [0.2, 0.25) is 0 Å². The van der Waals surface area contributed by atoms with Gasteiger partial charge in [0, 0.05) is 5.41 Å². The van der Waals surface area contributed by atoms with E-state index in [0.29, 0.717) is 0 Å². The Morgan fingerprint density at radius 1 is 1.35 bits per heavy atom. The molecular formula is C11H17NO4S. The molecule has 1 aliphatic heterocycles. The Morgan fingerprint density at radius 3 is 2.35 bits per heavy atom. The number of hydrogen-bond acceptors (Lipinski definition) is 4. The number of rotatable bonds is 2. The lowest BCUT2D eigenvalue weighted by molar-refractivity contribution is -0.128. The topological polar surface area (TPSA) is 66.8 Å². The smallest absolute Gasteiger partial charge is 0.248 e. The Hall–Kier alpha value is -0.460. The summed E-state index contributed by atoms with van der Waals surface area (Å²) < 4.78 is 25.4. The van der Waals surface area contributed by atoms with Gasteiger partial charge in [-0.25, -0.2) is 8.42 Å². The zero-order valence-corrected chi connectivity index (χ0v) is 11.1. The van der Waals surface area contributed by atoms with E-state index in [4.69, 9.17) is 4.84 Å². The summed E-state index contributed by atoms with van der Waals surface area (Å²) in [5, 5.41) is -0.890. The van der Waals surface area contributed by atoms with Crippen LogP contribution < -0.4 is 0 Å². The molecule has 2 saturated carbocycles. The fraction of sp³-hybridized carbons (Fsp3) is 0.909. The second-order valence-corrected chi connectivity index (χ2v) is 8.03. The van der Waals surface area contributed by atoms with Gasteiger partial charge in [0.1, 0.15) is 5.25 Å². The summed E-state index contributed by atoms with van der Waals surface area (Å²) in [4.78, 5) is 17.2. The van der Waals surface area contributed by atoms with Gasteiger partial charge in [-0.15, -0.1) is 0 Å². The molecule has 3 rings (SSSR count). The van der Waals surface area contributed by atoms with Gasteiger partial charge < -0.3 is 0 Å². The number of nitrogens with zero attached hydrogens (tertiary/aromatic N) is 1. The Bertz CT molecular complexity index is 494. The van der Waals surface area contributed by atoms with Crippen LogP contribution in [0.5, 0.6) is 0 Å². The summed E-state index contributed by atoms with van der Waals surface area (Å²) in [6.45, 7) is 6.03. The molecule has 2 aliphatic carbocycles. The average Bonchev–Trinajstić information content (AvgIpc) is 2.99. The standard InChI is InChI=1S/C11H17NO4S/c1-10(2)7-4-5-11(10,3)9(13)8(7)17(14,15)12-6-16-12/h7-8H,4-6H2,1-3H3. The monoisotopic (exact) mass is 259 g/mol. The van der Waals surface area contributed by atoms with Crippen molar-refractivity contribution in [3.63, 3.8) is 0 Å². The van der Waals surface area contributed by atoms with Gasteiger partial charge in [0.25, 0.3) is 0 Å². The quantitative estimate of drug-likeness (QED) is 0.691. The first-order valence-electron chi connectivity index (χ1n) is 5.92. The van der Waals surface area contributed by atoms with Crippen molar-refractivity contribution in [1.29, 1.82) is 0 Å². The first kappa shape index (κ1) is 11.6. The molecule has 4 atom stereocenters. The molecule has 4 unspecified atom stereocenters. The van der Waals surface area contributed by atoms with Crippen LogP contribution in [0.1, 0.15) is 33.6 Å². The van der Waals surface area contributed by atoms with E-state index >= 15 is 0 Å². The van der Waals surface area contributed by atoms with Crippen LogP contribution in [0, 0.1) is 16.7 Å². The second-order valence-electron chi connectivity index (χ2n) is 6.09. The summed E-state index contributed by atoms with van der Waals surface area (Å²) in [7, 11) is -3.59. The minimum Gasteiger partial charge on any atom is -0.298 e. The second kappa shape index (κ2) is 2.92. The molecule has 96 valence electrons. The number of ketones is 1. The molecule has 17 heavy (non-hydrogen) atoms. The van der Waals surface area contributed by atoms with Crippen LogP contribution in [0.4, 0.5) is 0 Å². The summed E-state index contributed by atoms with van der Waals surface area (Å²) in [5.41, 5.74) is -0.733. The minimum absolute atomic E-state index is 0.0748. The first-order valence-corrected chi connectivity index (χ1v) is 7.42. The molecule has 0 aromatic heterocycles. The van der Waals surface area contributed by atoms with Crippen LogP contribution >= 0.6 is 0 Å². The van der Waals surface area contributed by atoms with Crippen molar-refractivity contribution < 1.29 is 18.0 Å². The molecule has 1 saturated heterocycles. The van der Waals surface area contributed by atoms with Gasteiger partial charge in [0.15, 0.2) is 12.5 Å². The number of sulfonamides is 1. The normalized spacial score (nSPS) is 47.5. The van der Waals surface area contributed by atoms with Gasteiger partial charge >= 0.3 is 0 Å². The van der Waals surface area contributed by atoms with E-state index in [1.165, 1.54) is 0 Å². The highest BCUT2D eigenvalue weighted by Crippen LogP contribution is 2.65. The van der Waals surface area contributed by atoms with E-state index in [0.717, 1.165) is 17.3 Å². The highest BCUT2D eigenvalue weighted by atomic mass is 32.2. The van der Waals surface area contributed by atoms with E-state index in [9.17, 15) is 13.2 Å². The maximum atomic E-state index is 12.4. The summed E-state index contributed by atoms with van der Waals surface area (Å²) in [6, 6.07) is 0. The third-order valence-electron chi connectivity index (χ3n) is 5.31. The lowest BCUT2D eigenvalue weighted by Crippen LogP contribution is -2.41. The Labute approximate surface area is 101 Å². The number of carbonyl (C=O) groups excluding carboxylic acids is 1. The zero-order valence-electron chi connectivity index (χ0n) is 10.3. The summed E-state index contributed by atoms with van der Waals surface area (Å²) >= 11 is 0. The number of hydroxylamine groups is 1. The van der Waals surface area contributed by atoms with Crippen molar-refractivity contribution in [2.45, 2.75) is 38.9 Å². The molecule has 5 nitrogen and oxygen atoms in total. The van der Waals surface area contributed by atoms with Crippen molar-refractivity contribution in [3.8, 4) is 0 Å². The van der Waals surface area contributed by atoms with Gasteiger partial charge in [-0.05, 0) is 24.2 Å². The number of carbonyl (C=O) groups is 1. The molecule has 3 fully saturated rings. The van der Waals surface area contributed by atoms with E-state index < -0.39 is 20.7 Å². The maximum absolute atomic E-state index is 12.4. The number of hydrogen-bond donors (Lipinski definition) is 0. The molecule has 0 N–H and O–H groups in total. The van der Waals surface area contributed by atoms with Crippen molar-refractivity contribution in [3.05, 3.63) is 0 Å². The fourth-order valence-corrected chi connectivity index (χ4v) is 5.66. The van der Waals surface area contributed by atoms with Crippen LogP contribution in [0.15, 0.2) is 0 Å². The summed E-state index contributed by atoms with van der Waals surface area (Å²) in [5.74, 6) is -0.191. The highest BCUT2D eigenvalue weighted by molar-refractivity contribution is 7.90. The van der Waals surface area contributed by atoms with Crippen LogP contribution in [-0.4, -0.2) is 30.7 Å². The molecule has 3 aliphatic rings. The fourth-order valence-electron chi connectivity index (χ4n) is 3.64. The van der Waals surface area contributed by atoms with Crippen molar-refractivity contribution in [1.82, 2.24) is 4.47 Å². The first-order chi connectivity index (χ1) is 7.73. The molecule has 0 spiro atoms. The van der Waals surface area contributed by atoms with Gasteiger partial charge in [0.2, 0.25) is 10.0 Å². The molecule has 1 heterocycles. The van der Waals surface area contributed by atoms with Gasteiger partial charge in [-0.2, -0.15) is 0 Å². The zero-order chi connectivity index (χ0) is 12.6. The number of fused-ring (bicyclic) bond motifs is 2. The minimum atomic E-state index is -3.59. The largest absolute Gasteiger partial charge is 0.298 e. The third-order valence-corrected chi connectivity index (χ3v) is 7.27. The highest BCUT2D eigenvalue weighted by Gasteiger charge is 2.70. The molecule has 6 heteroatoms. The molecule has 0 aromatic rings. The lowest BCUT2D eigenvalue weighted by atomic mass is 9.70. The molecular weight excluding hydrogens is 242 g/mol. The molecule has 0 aromatic carbocycles. The molecule has 2 bridgehead atoms. The van der Waals surface area contributed by atoms with Gasteiger partial charge in [-0.1, -0.05) is 25.2 Å². The van der Waals surface area contributed by atoms with Crippen LogP contribution in [0.3, 0.4) is 0 Å². The van der Waals surface area contributed by atoms with E-state index in [2.05, 4.69) is 0 Å². The Balaban J connectivity index is 2.08. The van der Waals surface area contributed by atoms with Crippen molar-refractivity contribution >= 4 is 15.8 Å². The molecule has 0 amide bonds. The third kappa shape index (κ3) is 1.16. The lowest BCUT2D eigenvalue weighted by Gasteiger charge is -2.32. The van der Waals surface area contributed by atoms with Crippen molar-refractivity contribution in [2.75, 3.05) is 6.73 Å². The van der Waals surface area contributed by atoms with Gasteiger partial charge in [0.05, 0.1) is 0 Å². The maximum Gasteiger partial charge on any atom is 0.248 e. The van der Waals surface area contributed by atoms with Crippen LogP contribution in [0.25, 0.3) is 0 Å². The van der Waals surface area contributed by atoms with E-state index in [1.807, 2.05) is 20.8 Å². The predicted molar refractivity (Wildman–Crippen MR) is 60.1 cm³/mol. The van der Waals surface area contributed by atoms with Crippen LogP contribution in [-0.2, 0) is 19.7 Å². The molecule has 0 radical (unpaired) electrons. The van der Waals surface area contributed by atoms with Crippen molar-refractivity contribution in [2.24, 2.45) is 16.7 Å².